The number of carbonyl (C=O) groups excluding carboxylic acids is 4. The van der Waals surface area contributed by atoms with Gasteiger partial charge in [0.1, 0.15) is 12.1 Å². The standard InChI is InChI=1S/C18H21N3O5/c1-18(13-7-8-13)16(24)21(17(25)20-18)10-14(22)19-9-11-3-5-12(6-4-11)15(23)26-2/h3-6,13H,7-10H2,1-2H3,(H,19,22)(H,20,25)/t18-/m1/s1. The minimum atomic E-state index is -0.888. The van der Waals surface area contributed by atoms with E-state index in [1.165, 1.54) is 7.11 Å². The van der Waals surface area contributed by atoms with Crippen molar-refractivity contribution in [3.05, 3.63) is 35.4 Å². The number of imide groups is 1. The van der Waals surface area contributed by atoms with Gasteiger partial charge in [-0.15, -0.1) is 0 Å². The van der Waals surface area contributed by atoms with Crippen molar-refractivity contribution in [3.63, 3.8) is 0 Å². The van der Waals surface area contributed by atoms with E-state index in [0.717, 1.165) is 23.3 Å². The smallest absolute Gasteiger partial charge is 0.337 e. The van der Waals surface area contributed by atoms with Crippen molar-refractivity contribution in [1.29, 1.82) is 0 Å². The number of ether oxygens (including phenoxy) is 1. The molecule has 2 fully saturated rings. The lowest BCUT2D eigenvalue weighted by molar-refractivity contribution is -0.135. The van der Waals surface area contributed by atoms with Crippen LogP contribution in [0.5, 0.6) is 0 Å². The molecule has 1 aliphatic carbocycles. The molecule has 3 rings (SSSR count). The van der Waals surface area contributed by atoms with Gasteiger partial charge in [0.05, 0.1) is 12.7 Å². The summed E-state index contributed by atoms with van der Waals surface area (Å²) in [4.78, 5) is 49.0. The van der Waals surface area contributed by atoms with E-state index >= 15 is 0 Å². The van der Waals surface area contributed by atoms with Gasteiger partial charge in [0.15, 0.2) is 0 Å². The maximum atomic E-state index is 12.5. The number of rotatable bonds is 6. The lowest BCUT2D eigenvalue weighted by Gasteiger charge is -2.20. The maximum absolute atomic E-state index is 12.5. The number of urea groups is 1. The highest BCUT2D eigenvalue weighted by Gasteiger charge is 2.56. The van der Waals surface area contributed by atoms with Crippen molar-refractivity contribution in [2.75, 3.05) is 13.7 Å². The summed E-state index contributed by atoms with van der Waals surface area (Å²) in [5, 5.41) is 5.38. The number of benzene rings is 1. The largest absolute Gasteiger partial charge is 0.465 e. The zero-order chi connectivity index (χ0) is 18.9. The van der Waals surface area contributed by atoms with Crippen LogP contribution in [0.15, 0.2) is 24.3 Å². The molecule has 2 aliphatic rings. The molecule has 1 aliphatic heterocycles. The molecular weight excluding hydrogens is 338 g/mol. The SMILES string of the molecule is COC(=O)c1ccc(CNC(=O)CN2C(=O)N[C@](C)(C3CC3)C2=O)cc1. The molecule has 1 saturated carbocycles. The zero-order valence-electron chi connectivity index (χ0n) is 14.7. The second-order valence-corrected chi connectivity index (χ2v) is 6.76. The van der Waals surface area contributed by atoms with Crippen LogP contribution in [0.25, 0.3) is 0 Å². The molecular formula is C18H21N3O5. The number of nitrogens with one attached hydrogen (secondary N) is 2. The van der Waals surface area contributed by atoms with Gasteiger partial charge in [-0.3, -0.25) is 14.5 Å². The Hall–Kier alpha value is -2.90. The molecule has 1 atom stereocenters. The van der Waals surface area contributed by atoms with Gasteiger partial charge < -0.3 is 15.4 Å². The van der Waals surface area contributed by atoms with E-state index in [4.69, 9.17) is 0 Å². The van der Waals surface area contributed by atoms with Crippen molar-refractivity contribution in [2.24, 2.45) is 5.92 Å². The molecule has 8 nitrogen and oxygen atoms in total. The summed E-state index contributed by atoms with van der Waals surface area (Å²) < 4.78 is 4.62. The van der Waals surface area contributed by atoms with Crippen LogP contribution < -0.4 is 10.6 Å². The summed E-state index contributed by atoms with van der Waals surface area (Å²) in [5.41, 5.74) is 0.313. The molecule has 138 valence electrons. The fourth-order valence-electron chi connectivity index (χ4n) is 3.07. The van der Waals surface area contributed by atoms with E-state index in [0.29, 0.717) is 5.56 Å². The lowest BCUT2D eigenvalue weighted by Crippen LogP contribution is -2.46. The third kappa shape index (κ3) is 3.40. The fraction of sp³-hybridized carbons (Fsp3) is 0.444. The Labute approximate surface area is 150 Å². The van der Waals surface area contributed by atoms with Gasteiger partial charge in [-0.25, -0.2) is 9.59 Å². The summed E-state index contributed by atoms with van der Waals surface area (Å²) in [5.74, 6) is -1.05. The van der Waals surface area contributed by atoms with E-state index in [9.17, 15) is 19.2 Å². The van der Waals surface area contributed by atoms with Crippen LogP contribution in [0.3, 0.4) is 0 Å². The molecule has 0 radical (unpaired) electrons. The van der Waals surface area contributed by atoms with Gasteiger partial charge in [0.2, 0.25) is 5.91 Å². The van der Waals surface area contributed by atoms with Crippen LogP contribution >= 0.6 is 0 Å². The van der Waals surface area contributed by atoms with E-state index < -0.39 is 23.4 Å². The molecule has 0 spiro atoms. The van der Waals surface area contributed by atoms with Crippen LogP contribution in [0.1, 0.15) is 35.7 Å². The predicted molar refractivity (Wildman–Crippen MR) is 91.0 cm³/mol. The molecule has 2 N–H and O–H groups in total. The van der Waals surface area contributed by atoms with Crippen molar-refractivity contribution < 1.29 is 23.9 Å². The van der Waals surface area contributed by atoms with Crippen molar-refractivity contribution in [2.45, 2.75) is 31.8 Å². The second-order valence-electron chi connectivity index (χ2n) is 6.76. The van der Waals surface area contributed by atoms with Gasteiger partial charge in [-0.05, 0) is 43.4 Å². The summed E-state index contributed by atoms with van der Waals surface area (Å²) in [6, 6.07) is 6.08. The number of carbonyl (C=O) groups is 4. The molecule has 1 aromatic rings. The highest BCUT2D eigenvalue weighted by atomic mass is 16.5. The summed E-state index contributed by atoms with van der Waals surface area (Å²) in [7, 11) is 1.31. The summed E-state index contributed by atoms with van der Waals surface area (Å²) in [6.07, 6.45) is 1.81. The van der Waals surface area contributed by atoms with Gasteiger partial charge in [-0.1, -0.05) is 12.1 Å². The number of amides is 4. The number of methoxy groups -OCH3 is 1. The Kier molecular flexibility index (Phi) is 4.67. The molecule has 0 aromatic heterocycles. The first-order valence-electron chi connectivity index (χ1n) is 8.43. The summed E-state index contributed by atoms with van der Waals surface area (Å²) >= 11 is 0. The molecule has 1 saturated heterocycles. The maximum Gasteiger partial charge on any atom is 0.337 e. The third-order valence-electron chi connectivity index (χ3n) is 4.86. The number of hydrogen-bond acceptors (Lipinski definition) is 5. The van der Waals surface area contributed by atoms with Gasteiger partial charge in [-0.2, -0.15) is 0 Å². The molecule has 1 heterocycles. The Balaban J connectivity index is 1.53. The Bertz CT molecular complexity index is 757. The normalized spacial score (nSPS) is 22.2. The van der Waals surface area contributed by atoms with Crippen LogP contribution in [0.2, 0.25) is 0 Å². The zero-order valence-corrected chi connectivity index (χ0v) is 14.7. The minimum absolute atomic E-state index is 0.153. The third-order valence-corrected chi connectivity index (χ3v) is 4.86. The molecule has 0 unspecified atom stereocenters. The monoisotopic (exact) mass is 359 g/mol. The average Bonchev–Trinajstić information content (AvgIpc) is 3.46. The minimum Gasteiger partial charge on any atom is -0.465 e. The first-order valence-corrected chi connectivity index (χ1v) is 8.43. The van der Waals surface area contributed by atoms with Gasteiger partial charge >= 0.3 is 12.0 Å². The van der Waals surface area contributed by atoms with Crippen LogP contribution in [-0.4, -0.2) is 47.9 Å². The highest BCUT2D eigenvalue weighted by molar-refractivity contribution is 6.09. The van der Waals surface area contributed by atoms with Crippen LogP contribution in [-0.2, 0) is 20.9 Å². The van der Waals surface area contributed by atoms with Crippen molar-refractivity contribution >= 4 is 23.8 Å². The topological polar surface area (TPSA) is 105 Å². The number of esters is 1. The second kappa shape index (κ2) is 6.78. The van der Waals surface area contributed by atoms with Gasteiger partial charge in [0, 0.05) is 6.54 Å². The molecule has 26 heavy (non-hydrogen) atoms. The van der Waals surface area contributed by atoms with E-state index in [2.05, 4.69) is 15.4 Å². The van der Waals surface area contributed by atoms with Crippen molar-refractivity contribution in [1.82, 2.24) is 15.5 Å². The Morgan fingerprint density at radius 3 is 2.50 bits per heavy atom. The van der Waals surface area contributed by atoms with Gasteiger partial charge in [0.25, 0.3) is 5.91 Å². The molecule has 8 heteroatoms. The Morgan fingerprint density at radius 2 is 1.92 bits per heavy atom. The first-order chi connectivity index (χ1) is 12.3. The van der Waals surface area contributed by atoms with Crippen molar-refractivity contribution in [3.8, 4) is 0 Å². The highest BCUT2D eigenvalue weighted by Crippen LogP contribution is 2.42. The molecule has 1 aromatic carbocycles. The van der Waals surface area contributed by atoms with Crippen LogP contribution in [0.4, 0.5) is 4.79 Å². The molecule has 0 bridgehead atoms. The molecule has 4 amide bonds. The number of nitrogens with zero attached hydrogens (tertiary/aromatic N) is 1. The predicted octanol–water partition coefficient (Wildman–Crippen LogP) is 0.810. The fourth-order valence-corrected chi connectivity index (χ4v) is 3.07. The lowest BCUT2D eigenvalue weighted by atomic mass is 9.96. The Morgan fingerprint density at radius 1 is 1.27 bits per heavy atom. The van der Waals surface area contributed by atoms with Crippen LogP contribution in [0, 0.1) is 5.92 Å². The van der Waals surface area contributed by atoms with E-state index in [1.54, 1.807) is 31.2 Å². The first kappa shape index (κ1) is 17.9. The number of hydrogen-bond donors (Lipinski definition) is 2. The summed E-state index contributed by atoms with van der Waals surface area (Å²) in [6.45, 7) is 1.63. The quantitative estimate of drug-likeness (QED) is 0.578. The van der Waals surface area contributed by atoms with E-state index in [1.807, 2.05) is 0 Å². The average molecular weight is 359 g/mol. The van der Waals surface area contributed by atoms with E-state index in [-0.39, 0.29) is 24.9 Å².